The van der Waals surface area contributed by atoms with Gasteiger partial charge in [-0.1, -0.05) is 59.6 Å². The summed E-state index contributed by atoms with van der Waals surface area (Å²) < 4.78 is 26.8. The van der Waals surface area contributed by atoms with Gasteiger partial charge in [-0.25, -0.2) is 14.0 Å². The van der Waals surface area contributed by atoms with Crippen LogP contribution in [0.2, 0.25) is 10.0 Å². The Kier molecular flexibility index (Phi) is 19.2. The van der Waals surface area contributed by atoms with E-state index in [1.165, 1.54) is 17.3 Å². The molecule has 0 amide bonds. The third-order valence-corrected chi connectivity index (χ3v) is 18.1. The van der Waals surface area contributed by atoms with Gasteiger partial charge in [-0.2, -0.15) is 5.10 Å². The van der Waals surface area contributed by atoms with E-state index in [0.717, 1.165) is 24.0 Å². The van der Waals surface area contributed by atoms with E-state index in [4.69, 9.17) is 124 Å². The first-order chi connectivity index (χ1) is 27.7. The van der Waals surface area contributed by atoms with E-state index in [0.29, 0.717) is 65.3 Å². The maximum Gasteiger partial charge on any atom is 0.297 e. The Labute approximate surface area is 390 Å². The molecule has 12 nitrogen and oxygen atoms in total. The Morgan fingerprint density at radius 2 is 1.20 bits per heavy atom. The van der Waals surface area contributed by atoms with Crippen molar-refractivity contribution in [3.8, 4) is 0 Å². The van der Waals surface area contributed by atoms with Crippen LogP contribution in [0.15, 0.2) is 61.2 Å². The van der Waals surface area contributed by atoms with E-state index < -0.39 is 33.4 Å². The van der Waals surface area contributed by atoms with E-state index in [9.17, 15) is 10.2 Å². The molecule has 4 aromatic rings. The van der Waals surface area contributed by atoms with E-state index >= 15 is 0 Å². The first-order valence-corrected chi connectivity index (χ1v) is 27.2. The fourth-order valence-corrected chi connectivity index (χ4v) is 12.1. The van der Waals surface area contributed by atoms with Gasteiger partial charge >= 0.3 is 0 Å². The molecule has 328 valence electrons. The molecule has 2 fully saturated rings. The number of benzene rings is 2. The minimum absolute atomic E-state index is 0.112. The number of hydrogen-bond acceptors (Lipinski definition) is 12. The van der Waals surface area contributed by atoms with Crippen LogP contribution in [0, 0.1) is 9.54 Å². The van der Waals surface area contributed by atoms with Crippen LogP contribution >= 0.6 is 94.6 Å². The quantitative estimate of drug-likeness (QED) is 0.0469. The average Bonchev–Trinajstić information content (AvgIpc) is 4.04. The molecule has 0 radical (unpaired) electrons. The minimum Gasteiger partial charge on any atom is -0.386 e. The molecule has 2 aliphatic rings. The van der Waals surface area contributed by atoms with Crippen molar-refractivity contribution in [2.75, 3.05) is 26.4 Å². The number of nitrogens with one attached hydrogen (secondary N) is 1. The molecule has 2 atom stereocenters. The predicted octanol–water partition coefficient (Wildman–Crippen LogP) is 10.8. The van der Waals surface area contributed by atoms with Gasteiger partial charge in [-0.05, 0) is 136 Å². The van der Waals surface area contributed by atoms with Crippen LogP contribution in [-0.4, -0.2) is 86.5 Å². The maximum atomic E-state index is 11.6. The topological polar surface area (TPSA) is 134 Å². The minimum atomic E-state index is -2.83. The van der Waals surface area contributed by atoms with Crippen molar-refractivity contribution < 1.29 is 28.3 Å². The summed E-state index contributed by atoms with van der Waals surface area (Å²) in [5, 5.41) is 31.3. The highest BCUT2D eigenvalue weighted by atomic mass is 35.7. The van der Waals surface area contributed by atoms with Gasteiger partial charge in [0.1, 0.15) is 23.9 Å². The lowest BCUT2D eigenvalue weighted by Crippen LogP contribution is -2.47. The molecule has 0 spiro atoms. The molecule has 2 saturated carbocycles. The molecule has 2 aromatic carbocycles. The van der Waals surface area contributed by atoms with Crippen LogP contribution in [-0.2, 0) is 67.6 Å². The smallest absolute Gasteiger partial charge is 0.297 e. The number of alkyl halides is 2. The number of hydrogen-bond donors (Lipinski definition) is 3. The van der Waals surface area contributed by atoms with E-state index in [-0.39, 0.29) is 19.5 Å². The first kappa shape index (κ1) is 51.3. The van der Waals surface area contributed by atoms with Crippen LogP contribution < -0.4 is 0 Å². The summed E-state index contributed by atoms with van der Waals surface area (Å²) in [7, 11) is 0. The molecule has 2 aromatic heterocycles. The Hall–Kier alpha value is -0.330. The second-order valence-corrected chi connectivity index (χ2v) is 24.8. The summed E-state index contributed by atoms with van der Waals surface area (Å²) in [6, 6.07) is 14.9. The Morgan fingerprint density at radius 1 is 0.763 bits per heavy atom. The third kappa shape index (κ3) is 13.6. The molecule has 23 heteroatoms. The molecule has 2 heterocycles. The lowest BCUT2D eigenvalue weighted by atomic mass is 9.89. The predicted molar refractivity (Wildman–Crippen MR) is 251 cm³/mol. The molecule has 0 saturated heterocycles. The van der Waals surface area contributed by atoms with Crippen molar-refractivity contribution >= 4 is 118 Å². The lowest BCUT2D eigenvalue weighted by molar-refractivity contribution is 0.00691. The van der Waals surface area contributed by atoms with Gasteiger partial charge in [-0.15, -0.1) is 23.2 Å². The van der Waals surface area contributed by atoms with Crippen molar-refractivity contribution in [2.24, 2.45) is 0 Å². The van der Waals surface area contributed by atoms with Gasteiger partial charge in [0, 0.05) is 22.9 Å². The van der Waals surface area contributed by atoms with Crippen molar-refractivity contribution in [3.63, 3.8) is 0 Å². The second kappa shape index (κ2) is 22.0. The number of H-pyrrole nitrogens is 1. The zero-order valence-electron chi connectivity index (χ0n) is 32.9. The Bertz CT molecular complexity index is 2200. The highest BCUT2D eigenvalue weighted by Crippen LogP contribution is 2.55. The molecule has 3 N–H and O–H groups in total. The van der Waals surface area contributed by atoms with Gasteiger partial charge in [0.25, 0.3) is 12.5 Å². The monoisotopic (exact) mass is 1030 g/mol. The lowest BCUT2D eigenvalue weighted by Gasteiger charge is -2.33. The van der Waals surface area contributed by atoms with Gasteiger partial charge in [0.05, 0.1) is 49.3 Å². The van der Waals surface area contributed by atoms with Crippen LogP contribution in [0.1, 0.15) is 64.5 Å². The zero-order valence-corrected chi connectivity index (χ0v) is 41.8. The number of aliphatic hydroxyl groups is 2. The Morgan fingerprint density at radius 3 is 1.59 bits per heavy atom. The molecule has 2 unspecified atom stereocenters. The van der Waals surface area contributed by atoms with E-state index in [1.807, 2.05) is 70.2 Å². The fraction of sp³-hybridized carbons (Fsp3) is 0.556. The molecule has 0 aliphatic heterocycles. The molecular weight excluding hydrogens is 980 g/mol. The molecule has 2 aliphatic carbocycles. The SMILES string of the molecule is CCOP(=S)(Cl)OCC.CCOP(=S)(OCC)n1cnn(CC(O)(Cc2ccccc2Cl)C2(Cl)CC2)c1=S.OC(Cc1ccccc1Cl)(Cn1[nH]cnc1=S)C1(Cl)CC1. The first-order valence-electron chi connectivity index (χ1n) is 18.8. The van der Waals surface area contributed by atoms with E-state index in [2.05, 4.69) is 15.2 Å². The molecule has 59 heavy (non-hydrogen) atoms. The molecule has 6 rings (SSSR count). The van der Waals surface area contributed by atoms with Crippen molar-refractivity contribution in [2.45, 2.75) is 100 Å². The average molecular weight is 1030 g/mol. The van der Waals surface area contributed by atoms with Crippen molar-refractivity contribution in [1.29, 1.82) is 0 Å². The largest absolute Gasteiger partial charge is 0.386 e. The standard InChI is InChI=1S/C18H24Cl2N3O3PS2.C14H15Cl2N3OS.C4H10ClO2PS/c1-3-25-27(29,26-4-2)23-13-21-22(16(23)28)12-18(24,17(20)9-10-17)11-14-7-5-6-8-15(14)19;15-11-4-2-1-3-10(11)7-14(20,13(16)5-6-13)8-19-12(21)17-9-18-19;1-3-6-8(5,9)7-4-2/h5-8,13,24H,3-4,9-12H2,1-2H3;1-4,9,20H,5-8H2,(H,17,18,21);3-4H2,1-2H3. The second-order valence-electron chi connectivity index (χ2n) is 13.8. The number of rotatable bonds is 19. The third-order valence-electron chi connectivity index (χ3n) is 9.51. The van der Waals surface area contributed by atoms with Gasteiger partial charge in [0.15, 0.2) is 0 Å². The number of halogens is 5. The van der Waals surface area contributed by atoms with Crippen LogP contribution in [0.5, 0.6) is 0 Å². The fourth-order valence-electron chi connectivity index (χ4n) is 6.12. The number of aromatic nitrogens is 6. The highest BCUT2D eigenvalue weighted by Gasteiger charge is 2.59. The molecule has 0 bridgehead atoms. The van der Waals surface area contributed by atoms with Crippen molar-refractivity contribution in [3.05, 3.63) is 91.9 Å². The molecular formula is C36H49Cl5N6O6P2S4. The summed E-state index contributed by atoms with van der Waals surface area (Å²) in [6.45, 7) is 6.74. The van der Waals surface area contributed by atoms with Crippen LogP contribution in [0.25, 0.3) is 0 Å². The zero-order chi connectivity index (χ0) is 43.7. The highest BCUT2D eigenvalue weighted by molar-refractivity contribution is 8.22. The van der Waals surface area contributed by atoms with Crippen LogP contribution in [0.4, 0.5) is 0 Å². The summed E-state index contributed by atoms with van der Waals surface area (Å²) in [5.74, 6) is -2.39. The summed E-state index contributed by atoms with van der Waals surface area (Å²) in [6.07, 6.45) is 6.64. The summed E-state index contributed by atoms with van der Waals surface area (Å²) in [4.78, 5) is 2.59. The van der Waals surface area contributed by atoms with Crippen LogP contribution in [0.3, 0.4) is 0 Å². The summed E-state index contributed by atoms with van der Waals surface area (Å²) in [5.41, 5.74) is -0.718. The maximum absolute atomic E-state index is 11.6. The van der Waals surface area contributed by atoms with Crippen molar-refractivity contribution in [1.82, 2.24) is 28.9 Å². The van der Waals surface area contributed by atoms with Gasteiger partial charge in [0.2, 0.25) is 9.54 Å². The normalized spacial score (nSPS) is 17.4. The Balaban J connectivity index is 0.000000223. The van der Waals surface area contributed by atoms with Gasteiger partial charge < -0.3 is 28.3 Å². The summed E-state index contributed by atoms with van der Waals surface area (Å²) >= 11 is 52.5. The number of nitrogens with zero attached hydrogens (tertiary/aromatic N) is 5. The van der Waals surface area contributed by atoms with E-state index in [1.54, 1.807) is 15.1 Å². The van der Waals surface area contributed by atoms with Gasteiger partial charge in [-0.3, -0.25) is 9.78 Å². The number of aromatic amines is 1.